The van der Waals surface area contributed by atoms with E-state index in [1.165, 1.54) is 0 Å². The number of aryl methyl sites for hydroxylation is 2. The lowest BCUT2D eigenvalue weighted by Gasteiger charge is -2.23. The van der Waals surface area contributed by atoms with Crippen LogP contribution in [0.3, 0.4) is 0 Å². The van der Waals surface area contributed by atoms with Gasteiger partial charge in [-0.2, -0.15) is 0 Å². The van der Waals surface area contributed by atoms with Crippen LogP contribution in [0.1, 0.15) is 42.5 Å². The van der Waals surface area contributed by atoms with Crippen molar-refractivity contribution in [2.24, 2.45) is 0 Å². The highest BCUT2D eigenvalue weighted by Crippen LogP contribution is 2.26. The van der Waals surface area contributed by atoms with Gasteiger partial charge in [0, 0.05) is 11.8 Å². The molecular formula is C12H17NO3. The summed E-state index contributed by atoms with van der Waals surface area (Å²) in [4.78, 5) is 15.2. The van der Waals surface area contributed by atoms with Gasteiger partial charge in [-0.25, -0.2) is 4.79 Å². The molecule has 0 aromatic carbocycles. The van der Waals surface area contributed by atoms with Crippen LogP contribution in [0.25, 0.3) is 0 Å². The average Bonchev–Trinajstić information content (AvgIpc) is 1.96. The van der Waals surface area contributed by atoms with Crippen molar-refractivity contribution in [1.82, 2.24) is 4.98 Å². The van der Waals surface area contributed by atoms with Gasteiger partial charge in [-0.05, 0) is 34.6 Å². The number of ether oxygens (including phenoxy) is 1. The molecule has 1 aromatic rings. The van der Waals surface area contributed by atoms with Crippen molar-refractivity contribution in [2.75, 3.05) is 0 Å². The van der Waals surface area contributed by atoms with Gasteiger partial charge >= 0.3 is 5.97 Å². The summed E-state index contributed by atoms with van der Waals surface area (Å²) in [6, 6.07) is 1.65. The Morgan fingerprint density at radius 1 is 1.38 bits per heavy atom. The molecule has 0 spiro atoms. The number of rotatable bonds is 2. The summed E-state index contributed by atoms with van der Waals surface area (Å²) in [6.07, 6.45) is 0. The topological polar surface area (TPSA) is 59.4 Å². The highest BCUT2D eigenvalue weighted by atomic mass is 16.5. The molecule has 4 nitrogen and oxygen atoms in total. The zero-order valence-corrected chi connectivity index (χ0v) is 10.3. The second kappa shape index (κ2) is 4.12. The molecule has 16 heavy (non-hydrogen) atoms. The molecule has 1 aromatic heterocycles. The summed E-state index contributed by atoms with van der Waals surface area (Å²) < 4.78 is 5.63. The van der Waals surface area contributed by atoms with Gasteiger partial charge in [0.25, 0.3) is 0 Å². The Balaban J connectivity index is 3.30. The highest BCUT2D eigenvalue weighted by Gasteiger charge is 2.21. The Labute approximate surface area is 95.3 Å². The Morgan fingerprint density at radius 3 is 2.38 bits per heavy atom. The number of hydrogen-bond donors (Lipinski definition) is 1. The molecule has 0 bridgehead atoms. The second-order valence-electron chi connectivity index (χ2n) is 4.74. The predicted molar refractivity (Wildman–Crippen MR) is 61.1 cm³/mol. The minimum Gasteiger partial charge on any atom is -0.487 e. The quantitative estimate of drug-likeness (QED) is 0.837. The Bertz CT molecular complexity index is 419. The molecule has 1 rings (SSSR count). The predicted octanol–water partition coefficient (Wildman–Crippen LogP) is 2.57. The summed E-state index contributed by atoms with van der Waals surface area (Å²) in [6.45, 7) is 9.12. The zero-order valence-electron chi connectivity index (χ0n) is 10.3. The zero-order chi connectivity index (χ0) is 12.5. The average molecular weight is 223 g/mol. The van der Waals surface area contributed by atoms with Gasteiger partial charge in [0.15, 0.2) is 0 Å². The van der Waals surface area contributed by atoms with E-state index in [4.69, 9.17) is 9.84 Å². The number of hydrogen-bond acceptors (Lipinski definition) is 3. The first-order valence-corrected chi connectivity index (χ1v) is 5.11. The van der Waals surface area contributed by atoms with E-state index < -0.39 is 11.6 Å². The summed E-state index contributed by atoms with van der Waals surface area (Å²) in [5, 5.41) is 9.11. The van der Waals surface area contributed by atoms with Crippen molar-refractivity contribution < 1.29 is 14.6 Å². The van der Waals surface area contributed by atoms with Crippen LogP contribution in [0.4, 0.5) is 0 Å². The summed E-state index contributed by atoms with van der Waals surface area (Å²) in [5.41, 5.74) is 0.943. The maximum absolute atomic E-state index is 11.1. The fraction of sp³-hybridized carbons (Fsp3) is 0.500. The molecule has 88 valence electrons. The summed E-state index contributed by atoms with van der Waals surface area (Å²) >= 11 is 0. The molecule has 0 saturated heterocycles. The second-order valence-corrected chi connectivity index (χ2v) is 4.74. The molecule has 0 amide bonds. The van der Waals surface area contributed by atoms with Gasteiger partial charge in [0.1, 0.15) is 16.9 Å². The Morgan fingerprint density at radius 2 is 1.94 bits per heavy atom. The van der Waals surface area contributed by atoms with Crippen molar-refractivity contribution in [3.05, 3.63) is 23.0 Å². The van der Waals surface area contributed by atoms with E-state index in [0.717, 1.165) is 5.69 Å². The number of nitrogens with zero attached hydrogens (tertiary/aromatic N) is 1. The van der Waals surface area contributed by atoms with Crippen LogP contribution < -0.4 is 4.74 Å². The van der Waals surface area contributed by atoms with E-state index in [0.29, 0.717) is 11.4 Å². The number of aromatic nitrogens is 1. The minimum atomic E-state index is -1.01. The third-order valence-electron chi connectivity index (χ3n) is 1.92. The first kappa shape index (κ1) is 12.5. The molecule has 1 N–H and O–H groups in total. The van der Waals surface area contributed by atoms with Crippen molar-refractivity contribution in [3.63, 3.8) is 0 Å². The van der Waals surface area contributed by atoms with Crippen LogP contribution >= 0.6 is 0 Å². The number of carboxylic acid groups (broad SMARTS) is 1. The maximum atomic E-state index is 11.1. The largest absolute Gasteiger partial charge is 0.487 e. The van der Waals surface area contributed by atoms with Crippen LogP contribution in [0, 0.1) is 13.8 Å². The van der Waals surface area contributed by atoms with Gasteiger partial charge in [-0.15, -0.1) is 0 Å². The van der Waals surface area contributed by atoms with Crippen LogP contribution in [0.5, 0.6) is 5.75 Å². The van der Waals surface area contributed by atoms with Gasteiger partial charge in [0.05, 0.1) is 5.69 Å². The number of carbonyl (C=O) groups is 1. The third kappa shape index (κ3) is 2.95. The number of pyridine rings is 1. The molecule has 0 aliphatic carbocycles. The number of aromatic carboxylic acids is 1. The fourth-order valence-electron chi connectivity index (χ4n) is 1.46. The first-order chi connectivity index (χ1) is 7.20. The molecule has 0 radical (unpaired) electrons. The van der Waals surface area contributed by atoms with Gasteiger partial charge in [-0.3, -0.25) is 4.98 Å². The summed E-state index contributed by atoms with van der Waals surface area (Å²) in [7, 11) is 0. The van der Waals surface area contributed by atoms with E-state index in [1.54, 1.807) is 13.0 Å². The Hall–Kier alpha value is -1.58. The van der Waals surface area contributed by atoms with Gasteiger partial charge in [-0.1, -0.05) is 0 Å². The van der Waals surface area contributed by atoms with E-state index in [1.807, 2.05) is 27.7 Å². The molecule has 0 saturated carbocycles. The van der Waals surface area contributed by atoms with Crippen molar-refractivity contribution >= 4 is 5.97 Å². The van der Waals surface area contributed by atoms with Crippen molar-refractivity contribution in [1.29, 1.82) is 0 Å². The highest BCUT2D eigenvalue weighted by molar-refractivity contribution is 5.92. The van der Waals surface area contributed by atoms with Gasteiger partial charge in [0.2, 0.25) is 0 Å². The monoisotopic (exact) mass is 223 g/mol. The molecule has 4 heteroatoms. The lowest BCUT2D eigenvalue weighted by atomic mass is 10.1. The van der Waals surface area contributed by atoms with Crippen LogP contribution in [-0.2, 0) is 0 Å². The van der Waals surface area contributed by atoms with E-state index in [9.17, 15) is 4.79 Å². The van der Waals surface area contributed by atoms with Crippen LogP contribution in [0.15, 0.2) is 6.07 Å². The standard InChI is InChI=1S/C12H17NO3/c1-7-6-9(16-12(3,4)5)10(11(14)15)8(2)13-7/h6H,1-5H3,(H,14,15). The summed E-state index contributed by atoms with van der Waals surface area (Å²) in [5.74, 6) is -0.630. The normalized spacial score (nSPS) is 11.3. The molecule has 0 aliphatic rings. The minimum absolute atomic E-state index is 0.139. The van der Waals surface area contributed by atoms with E-state index in [2.05, 4.69) is 4.98 Å². The first-order valence-electron chi connectivity index (χ1n) is 5.11. The molecule has 1 heterocycles. The molecule has 0 fully saturated rings. The van der Waals surface area contributed by atoms with Crippen LogP contribution in [-0.4, -0.2) is 21.7 Å². The fourth-order valence-corrected chi connectivity index (χ4v) is 1.46. The van der Waals surface area contributed by atoms with Crippen molar-refractivity contribution in [3.8, 4) is 5.75 Å². The third-order valence-corrected chi connectivity index (χ3v) is 1.92. The lowest BCUT2D eigenvalue weighted by molar-refractivity contribution is 0.0679. The SMILES string of the molecule is Cc1cc(OC(C)(C)C)c(C(=O)O)c(C)n1. The van der Waals surface area contributed by atoms with E-state index >= 15 is 0 Å². The molecular weight excluding hydrogens is 206 g/mol. The Kier molecular flexibility index (Phi) is 3.21. The van der Waals surface area contributed by atoms with Gasteiger partial charge < -0.3 is 9.84 Å². The maximum Gasteiger partial charge on any atom is 0.341 e. The number of carboxylic acids is 1. The molecule has 0 aliphatic heterocycles. The lowest BCUT2D eigenvalue weighted by Crippen LogP contribution is -2.24. The smallest absolute Gasteiger partial charge is 0.341 e. The van der Waals surface area contributed by atoms with Crippen molar-refractivity contribution in [2.45, 2.75) is 40.2 Å². The van der Waals surface area contributed by atoms with Crippen LogP contribution in [0.2, 0.25) is 0 Å². The molecule has 0 unspecified atom stereocenters. The van der Waals surface area contributed by atoms with E-state index in [-0.39, 0.29) is 5.56 Å². The molecule has 0 atom stereocenters.